The van der Waals surface area contributed by atoms with Crippen molar-refractivity contribution in [2.24, 2.45) is 17.8 Å². The van der Waals surface area contributed by atoms with Gasteiger partial charge in [0.15, 0.2) is 16.0 Å². The van der Waals surface area contributed by atoms with Gasteiger partial charge in [0.1, 0.15) is 11.4 Å². The second kappa shape index (κ2) is 16.8. The second-order valence-corrected chi connectivity index (χ2v) is 18.2. The smallest absolute Gasteiger partial charge is 0.410 e. The van der Waals surface area contributed by atoms with Gasteiger partial charge in [-0.3, -0.25) is 10.1 Å². The van der Waals surface area contributed by atoms with E-state index in [9.17, 15) is 14.4 Å². The molecule has 1 N–H and O–H groups in total. The maximum atomic E-state index is 13.5. The molecule has 0 atom stereocenters. The molecule has 13 heteroatoms. The minimum atomic E-state index is -0.465. The standard InChI is InChI=1S/C45H47N5O6S2/c1-45(2,3)56-44(53)50-25-32(26-50)31-23-29(24-31)15-14-28-16-18-33(19-17-28)55-22-8-13-38-39(41(52)54-4)47-43(58-38)49-21-20-30-9-7-10-34(35(30)27-49)40(51)48-42-46-36-11-5-6-12-37(36)57-42/h5-7,9-12,16-19,29,31-32H,8,13,20-27H2,1-4H3,(H,46,48,51). The van der Waals surface area contributed by atoms with E-state index in [4.69, 9.17) is 19.2 Å². The highest BCUT2D eigenvalue weighted by molar-refractivity contribution is 7.22. The van der Waals surface area contributed by atoms with Gasteiger partial charge in [0.05, 0.1) is 23.9 Å². The number of aryl methyl sites for hydroxylation is 1. The Labute approximate surface area is 346 Å². The van der Waals surface area contributed by atoms with Crippen molar-refractivity contribution in [3.05, 3.63) is 99.6 Å². The number of para-hydroxylation sites is 1. The van der Waals surface area contributed by atoms with Gasteiger partial charge < -0.3 is 24.0 Å². The third-order valence-corrected chi connectivity index (χ3v) is 13.0. The largest absolute Gasteiger partial charge is 0.494 e. The van der Waals surface area contributed by atoms with Gasteiger partial charge in [0.25, 0.3) is 5.91 Å². The Morgan fingerprint density at radius 1 is 0.948 bits per heavy atom. The summed E-state index contributed by atoms with van der Waals surface area (Å²) in [5.41, 5.74) is 4.35. The first kappa shape index (κ1) is 39.4. The van der Waals surface area contributed by atoms with Gasteiger partial charge in [-0.2, -0.15) is 0 Å². The van der Waals surface area contributed by atoms with Crippen LogP contribution in [0.25, 0.3) is 10.2 Å². The van der Waals surface area contributed by atoms with Crippen LogP contribution in [-0.2, 0) is 28.9 Å². The average Bonchev–Trinajstić information content (AvgIpc) is 3.79. The fraction of sp³-hybridized carbons (Fsp3) is 0.400. The first-order valence-electron chi connectivity index (χ1n) is 19.8. The van der Waals surface area contributed by atoms with E-state index in [1.165, 1.54) is 29.8 Å². The second-order valence-electron chi connectivity index (χ2n) is 16.1. The van der Waals surface area contributed by atoms with Crippen molar-refractivity contribution in [2.45, 2.75) is 65.0 Å². The number of esters is 1. The molecule has 11 nitrogen and oxygen atoms in total. The Kier molecular flexibility index (Phi) is 11.4. The predicted molar refractivity (Wildman–Crippen MR) is 227 cm³/mol. The molecule has 300 valence electrons. The number of amides is 2. The van der Waals surface area contributed by atoms with E-state index in [0.29, 0.717) is 66.7 Å². The molecule has 4 heterocycles. The van der Waals surface area contributed by atoms with Gasteiger partial charge in [0, 0.05) is 48.1 Å². The van der Waals surface area contributed by atoms with E-state index in [1.54, 1.807) is 4.90 Å². The summed E-state index contributed by atoms with van der Waals surface area (Å²) in [4.78, 5) is 52.7. The first-order chi connectivity index (χ1) is 28.0. The maximum Gasteiger partial charge on any atom is 0.410 e. The Morgan fingerprint density at radius 2 is 1.74 bits per heavy atom. The van der Waals surface area contributed by atoms with E-state index in [1.807, 2.05) is 81.4 Å². The van der Waals surface area contributed by atoms with E-state index >= 15 is 0 Å². The molecular weight excluding hydrogens is 771 g/mol. The summed E-state index contributed by atoms with van der Waals surface area (Å²) >= 11 is 2.94. The SMILES string of the molecule is COC(=O)c1nc(N2CCc3cccc(C(=O)Nc4nc5ccccc5s4)c3C2)sc1CCCOc1ccc(C#CC2CC(C3CN(C(=O)OC(C)(C)C)C3)C2)cc1. The van der Waals surface area contributed by atoms with Crippen LogP contribution in [-0.4, -0.2) is 71.8 Å². The molecule has 3 aliphatic rings. The molecule has 2 aromatic heterocycles. The van der Waals surface area contributed by atoms with Gasteiger partial charge in [0.2, 0.25) is 0 Å². The first-order valence-corrected chi connectivity index (χ1v) is 21.5. The molecule has 8 rings (SSSR count). The molecular formula is C45H47N5O6S2. The Hall–Kier alpha value is -5.45. The lowest BCUT2D eigenvalue weighted by molar-refractivity contribution is -0.0240. The molecule has 0 radical (unpaired) electrons. The molecule has 0 spiro atoms. The van der Waals surface area contributed by atoms with E-state index in [0.717, 1.165) is 75.0 Å². The van der Waals surface area contributed by atoms with Crippen molar-refractivity contribution in [3.63, 3.8) is 0 Å². The average molecular weight is 818 g/mol. The van der Waals surface area contributed by atoms with Gasteiger partial charge in [-0.1, -0.05) is 47.4 Å². The fourth-order valence-electron chi connectivity index (χ4n) is 7.64. The van der Waals surface area contributed by atoms with Crippen molar-refractivity contribution in [1.82, 2.24) is 14.9 Å². The lowest BCUT2D eigenvalue weighted by atomic mass is 9.66. The molecule has 1 aliphatic carbocycles. The van der Waals surface area contributed by atoms with Gasteiger partial charge in [-0.25, -0.2) is 19.6 Å². The lowest BCUT2D eigenvalue weighted by Crippen LogP contribution is -2.55. The molecule has 1 saturated heterocycles. The number of hydrogen-bond donors (Lipinski definition) is 1. The molecule has 0 bridgehead atoms. The Bertz CT molecular complexity index is 2340. The summed E-state index contributed by atoms with van der Waals surface area (Å²) in [6.45, 7) is 8.93. The number of likely N-dealkylation sites (tertiary alicyclic amines) is 1. The number of anilines is 2. The number of fused-ring (bicyclic) bond motifs is 2. The number of nitrogens with one attached hydrogen (secondary N) is 1. The Morgan fingerprint density at radius 3 is 2.50 bits per heavy atom. The lowest BCUT2D eigenvalue weighted by Gasteiger charge is -2.48. The molecule has 2 amide bonds. The van der Waals surface area contributed by atoms with Gasteiger partial charge >= 0.3 is 12.1 Å². The molecule has 1 saturated carbocycles. The number of thiazole rings is 2. The van der Waals surface area contributed by atoms with Crippen molar-refractivity contribution >= 4 is 61.1 Å². The molecule has 5 aromatic rings. The zero-order chi connectivity index (χ0) is 40.4. The summed E-state index contributed by atoms with van der Waals surface area (Å²) in [6.07, 6.45) is 3.99. The monoisotopic (exact) mass is 817 g/mol. The number of carbonyl (C=O) groups is 3. The van der Waals surface area contributed by atoms with Crippen molar-refractivity contribution in [3.8, 4) is 17.6 Å². The van der Waals surface area contributed by atoms with Gasteiger partial charge in [-0.15, -0.1) is 11.3 Å². The molecule has 0 unspecified atom stereocenters. The zero-order valence-corrected chi connectivity index (χ0v) is 34.8. The van der Waals surface area contributed by atoms with E-state index in [2.05, 4.69) is 33.1 Å². The summed E-state index contributed by atoms with van der Waals surface area (Å²) in [5.74, 6) is 8.43. The number of methoxy groups -OCH3 is 1. The third-order valence-electron chi connectivity index (χ3n) is 10.9. The van der Waals surface area contributed by atoms with Crippen LogP contribution in [0.4, 0.5) is 15.1 Å². The highest BCUT2D eigenvalue weighted by Crippen LogP contribution is 2.42. The number of hydrogen-bond acceptors (Lipinski definition) is 11. The van der Waals surface area contributed by atoms with Crippen molar-refractivity contribution in [1.29, 1.82) is 0 Å². The normalized spacial score (nSPS) is 17.7. The van der Waals surface area contributed by atoms with Crippen LogP contribution in [0.5, 0.6) is 5.75 Å². The number of ether oxygens (including phenoxy) is 3. The third kappa shape index (κ3) is 8.98. The highest BCUT2D eigenvalue weighted by atomic mass is 32.1. The number of carbonyl (C=O) groups excluding carboxylic acids is 3. The van der Waals surface area contributed by atoms with Crippen molar-refractivity contribution in [2.75, 3.05) is 43.6 Å². The number of rotatable bonds is 10. The topological polar surface area (TPSA) is 123 Å². The van der Waals surface area contributed by atoms with Crippen LogP contribution in [0.2, 0.25) is 0 Å². The van der Waals surface area contributed by atoms with Crippen LogP contribution in [0.1, 0.15) is 82.4 Å². The summed E-state index contributed by atoms with van der Waals surface area (Å²) in [7, 11) is 1.37. The van der Waals surface area contributed by atoms with Gasteiger partial charge in [-0.05, 0) is 118 Å². The fourth-order valence-corrected chi connectivity index (χ4v) is 9.62. The van der Waals surface area contributed by atoms with E-state index < -0.39 is 11.6 Å². The number of nitrogens with zero attached hydrogens (tertiary/aromatic N) is 4. The van der Waals surface area contributed by atoms with Crippen LogP contribution in [0, 0.1) is 29.6 Å². The number of aromatic nitrogens is 2. The van der Waals surface area contributed by atoms with Crippen LogP contribution >= 0.6 is 22.7 Å². The minimum Gasteiger partial charge on any atom is -0.494 e. The highest BCUT2D eigenvalue weighted by Gasteiger charge is 2.43. The van der Waals surface area contributed by atoms with Crippen LogP contribution in [0.15, 0.2) is 66.7 Å². The molecule has 2 aliphatic heterocycles. The zero-order valence-electron chi connectivity index (χ0n) is 33.2. The summed E-state index contributed by atoms with van der Waals surface area (Å²) in [6, 6.07) is 21.5. The summed E-state index contributed by atoms with van der Waals surface area (Å²) < 4.78 is 17.7. The quantitative estimate of drug-likeness (QED) is 0.0839. The van der Waals surface area contributed by atoms with Crippen LogP contribution < -0.4 is 15.0 Å². The number of benzene rings is 3. The van der Waals surface area contributed by atoms with Crippen LogP contribution in [0.3, 0.4) is 0 Å². The molecule has 58 heavy (non-hydrogen) atoms. The minimum absolute atomic E-state index is 0.196. The van der Waals surface area contributed by atoms with E-state index in [-0.39, 0.29) is 12.0 Å². The molecule has 3 aromatic carbocycles. The maximum absolute atomic E-state index is 13.5. The predicted octanol–water partition coefficient (Wildman–Crippen LogP) is 8.61. The molecule has 2 fully saturated rings. The Balaban J connectivity index is 0.818. The van der Waals surface area contributed by atoms with Crippen molar-refractivity contribution < 1.29 is 28.6 Å². The summed E-state index contributed by atoms with van der Waals surface area (Å²) in [5, 5.41) is 4.30.